The molecule has 8 rings (SSSR count). The number of hydrogen-bond acceptors (Lipinski definition) is 14. The molecule has 7 atom stereocenters. The van der Waals surface area contributed by atoms with Gasteiger partial charge in [-0.15, -0.1) is 0 Å². The van der Waals surface area contributed by atoms with Crippen LogP contribution in [-0.2, 0) is 43.4 Å². The molecule has 4 fully saturated rings. The number of alkyl carbamates (subject to hydrolysis) is 1. The van der Waals surface area contributed by atoms with E-state index in [0.29, 0.717) is 40.8 Å². The Bertz CT molecular complexity index is 2950. The second-order valence-corrected chi connectivity index (χ2v) is 24.3. The number of ether oxygens (including phenoxy) is 2. The average molecular weight is 1150 g/mol. The summed E-state index contributed by atoms with van der Waals surface area (Å²) in [6, 6.07) is 6.23. The summed E-state index contributed by atoms with van der Waals surface area (Å²) in [6.45, 7) is 16.0. The number of carbonyl (C=O) groups excluding carboxylic acids is 4. The first kappa shape index (κ1) is 62.2. The number of benzene rings is 2. The lowest BCUT2D eigenvalue weighted by atomic mass is 9.83. The van der Waals surface area contributed by atoms with Gasteiger partial charge in [-0.05, 0) is 65.0 Å². The molecular weight excluding hydrogens is 1070 g/mol. The molecule has 444 valence electrons. The topological polar surface area (TPSA) is 258 Å². The number of hydrazine groups is 1. The summed E-state index contributed by atoms with van der Waals surface area (Å²) in [6.07, 6.45) is -1.25. The highest BCUT2D eigenvalue weighted by atomic mass is 19.3. The number of nitrogens with zero attached hydrogens (tertiary/aromatic N) is 7. The molecule has 0 aliphatic carbocycles. The van der Waals surface area contributed by atoms with Gasteiger partial charge in [0.25, 0.3) is 12.3 Å². The van der Waals surface area contributed by atoms with Crippen LogP contribution in [0.5, 0.6) is 0 Å². The van der Waals surface area contributed by atoms with Gasteiger partial charge in [0.2, 0.25) is 17.8 Å². The van der Waals surface area contributed by atoms with E-state index in [-0.39, 0.29) is 17.7 Å². The normalized spacial score (nSPS) is 18.4. The molecule has 7 unspecified atom stereocenters. The molecule has 21 nitrogen and oxygen atoms in total. The third kappa shape index (κ3) is 16.0. The molecule has 4 aliphatic rings. The zero-order valence-electron chi connectivity index (χ0n) is 47.7. The second kappa shape index (κ2) is 25.8. The van der Waals surface area contributed by atoms with Gasteiger partial charge in [-0.2, -0.15) is 5.10 Å². The molecule has 4 aliphatic heterocycles. The highest BCUT2D eigenvalue weighted by Gasteiger charge is 2.50. The van der Waals surface area contributed by atoms with Crippen LogP contribution >= 0.6 is 0 Å². The zero-order valence-corrected chi connectivity index (χ0v) is 47.7. The number of hydrogen-bond donors (Lipinski definition) is 7. The van der Waals surface area contributed by atoms with Crippen LogP contribution in [0.2, 0.25) is 0 Å². The number of aliphatic hydroxyl groups excluding tert-OH is 1. The van der Waals surface area contributed by atoms with Crippen LogP contribution in [0.25, 0.3) is 11.3 Å². The van der Waals surface area contributed by atoms with Gasteiger partial charge in [0.05, 0.1) is 49.8 Å². The number of methoxy groups -OCH3 is 1. The Morgan fingerprint density at radius 2 is 1.34 bits per heavy atom. The van der Waals surface area contributed by atoms with E-state index in [1.807, 2.05) is 0 Å². The number of carboxylic acid groups (broad SMARTS) is 1. The number of piperazine rings is 1. The summed E-state index contributed by atoms with van der Waals surface area (Å²) in [5.41, 5.74) is 0.642. The minimum absolute atomic E-state index is 0.00794. The third-order valence-corrected chi connectivity index (χ3v) is 14.6. The maximum absolute atomic E-state index is 16.2. The number of aromatic nitrogens is 4. The summed E-state index contributed by atoms with van der Waals surface area (Å²) in [5.74, 6) is 2.12. The molecule has 6 heterocycles. The van der Waals surface area contributed by atoms with Crippen LogP contribution in [-0.4, -0.2) is 165 Å². The van der Waals surface area contributed by atoms with Crippen molar-refractivity contribution in [3.05, 3.63) is 94.9 Å². The number of rotatable bonds is 20. The van der Waals surface area contributed by atoms with Crippen molar-refractivity contribution in [3.8, 4) is 23.1 Å². The van der Waals surface area contributed by atoms with Gasteiger partial charge in [-0.1, -0.05) is 86.3 Å². The average Bonchev–Trinajstić information content (AvgIpc) is 3.99. The Labute approximate surface area is 474 Å². The van der Waals surface area contributed by atoms with Crippen molar-refractivity contribution in [1.82, 2.24) is 56.4 Å². The lowest BCUT2D eigenvalue weighted by Crippen LogP contribution is -2.74. The fraction of sp³-hybridized carbons (Fsp3) is 0.544. The van der Waals surface area contributed by atoms with Gasteiger partial charge in [-0.3, -0.25) is 29.4 Å². The molecule has 0 spiro atoms. The van der Waals surface area contributed by atoms with Crippen molar-refractivity contribution in [2.75, 3.05) is 44.9 Å². The molecular formula is C57H74F4N12O9. The lowest BCUT2D eigenvalue weighted by molar-refractivity contribution is -0.142. The monoisotopic (exact) mass is 1150 g/mol. The molecule has 7 N–H and O–H groups in total. The van der Waals surface area contributed by atoms with Crippen molar-refractivity contribution >= 4 is 35.9 Å². The maximum atomic E-state index is 16.2. The first-order valence-electron chi connectivity index (χ1n) is 27.0. The molecule has 2 aromatic carbocycles. The Balaban J connectivity index is 1.16. The molecule has 0 saturated carbocycles. The Kier molecular flexibility index (Phi) is 19.6. The van der Waals surface area contributed by atoms with Crippen LogP contribution in [0.15, 0.2) is 61.1 Å². The third-order valence-electron chi connectivity index (χ3n) is 14.6. The smallest absolute Gasteiger partial charge is 0.407 e. The number of fused-ring (bicyclic) bond motifs is 2. The highest BCUT2D eigenvalue weighted by Crippen LogP contribution is 2.37. The van der Waals surface area contributed by atoms with Crippen molar-refractivity contribution in [1.29, 1.82) is 0 Å². The largest absolute Gasteiger partial charge is 0.465 e. The van der Waals surface area contributed by atoms with E-state index in [9.17, 15) is 43.0 Å². The van der Waals surface area contributed by atoms with Crippen molar-refractivity contribution in [2.24, 2.45) is 16.2 Å². The quantitative estimate of drug-likeness (QED) is 0.0355. The lowest BCUT2D eigenvalue weighted by Gasteiger charge is -2.60. The van der Waals surface area contributed by atoms with Gasteiger partial charge in [0.1, 0.15) is 36.3 Å². The van der Waals surface area contributed by atoms with Gasteiger partial charge >= 0.3 is 12.2 Å². The van der Waals surface area contributed by atoms with Gasteiger partial charge in [0, 0.05) is 73.5 Å². The molecule has 4 aromatic rings. The number of alkyl halides is 2. The summed E-state index contributed by atoms with van der Waals surface area (Å²) in [5, 5.41) is 37.4. The molecule has 2 aromatic heterocycles. The van der Waals surface area contributed by atoms with Crippen LogP contribution in [0.3, 0.4) is 0 Å². The van der Waals surface area contributed by atoms with Gasteiger partial charge in [0.15, 0.2) is 0 Å². The number of halogens is 4. The van der Waals surface area contributed by atoms with Crippen LogP contribution in [0, 0.1) is 39.7 Å². The number of anilines is 1. The summed E-state index contributed by atoms with van der Waals surface area (Å²) in [7, 11) is 1.14. The summed E-state index contributed by atoms with van der Waals surface area (Å²) < 4.78 is 69.7. The van der Waals surface area contributed by atoms with E-state index in [4.69, 9.17) is 9.47 Å². The predicted octanol–water partition coefficient (Wildman–Crippen LogP) is 4.85. The molecule has 25 heteroatoms. The fourth-order valence-electron chi connectivity index (χ4n) is 10.1. The Hall–Kier alpha value is -7.40. The first-order valence-corrected chi connectivity index (χ1v) is 27.0. The maximum Gasteiger partial charge on any atom is 0.407 e. The minimum Gasteiger partial charge on any atom is -0.465 e. The number of amides is 5. The van der Waals surface area contributed by atoms with Gasteiger partial charge in [-0.25, -0.2) is 42.1 Å². The SMILES string of the molecule is COC(=O)NC(C(=O)NC(C(=O)NC(Cc1ccc(C#Cc2cnc(N3CC4CC(C3)N4C3COC3)nc2)cc1)C(O)CN(Cc1c(F)cc(-c2ccn(CC(F)F)n2)cc1F)NC(=O)C(NC(=O)O)C(C)(C)C)C(C)(C)C)C(C)(C)C. The standard InChI is InChI=1S/C57H74F4N12O9/c1-55(2,3)46(65-50(76)47(56(4,5)6)67-54(80)81-10)49(75)64-43(19-33-14-11-32(12-15-33)13-16-34-23-62-52(63-24-34)70-25-36-22-37(26-70)73(36)38-30-82-31-38)44(74)28-72(69-51(77)48(57(7,8)9)66-53(78)79)27-39-40(58)20-35(21-41(39)59)42-17-18-71(68-42)29-45(60)61/h11-12,14-15,17-18,20-21,23-24,36-38,43-48,66,74H,19,22,25-31H2,1-10H3,(H,64,75)(H,65,76)(H,67,80)(H,69,77)(H,78,79). The zero-order chi connectivity index (χ0) is 60.0. The number of piperidine rings is 1. The molecule has 0 radical (unpaired) electrons. The fourth-order valence-corrected chi connectivity index (χ4v) is 10.1. The predicted molar refractivity (Wildman–Crippen MR) is 294 cm³/mol. The summed E-state index contributed by atoms with van der Waals surface area (Å²) in [4.78, 5) is 81.1. The van der Waals surface area contributed by atoms with Gasteiger partial charge < -0.3 is 45.9 Å². The van der Waals surface area contributed by atoms with E-state index in [1.54, 1.807) is 99.0 Å². The number of nitrogens with one attached hydrogen (secondary N) is 5. The highest BCUT2D eigenvalue weighted by molar-refractivity contribution is 5.92. The minimum atomic E-state index is -2.74. The Morgan fingerprint density at radius 1 is 0.780 bits per heavy atom. The number of aliphatic hydroxyl groups is 1. The molecule has 5 amide bonds. The second-order valence-electron chi connectivity index (χ2n) is 24.3. The van der Waals surface area contributed by atoms with E-state index in [0.717, 1.165) is 61.7 Å². The molecule has 2 bridgehead atoms. The van der Waals surface area contributed by atoms with Crippen LogP contribution in [0.4, 0.5) is 33.1 Å². The Morgan fingerprint density at radius 3 is 1.88 bits per heavy atom. The summed E-state index contributed by atoms with van der Waals surface area (Å²) >= 11 is 0. The molecule has 4 saturated heterocycles. The van der Waals surface area contributed by atoms with E-state index >= 15 is 8.78 Å². The van der Waals surface area contributed by atoms with E-state index in [2.05, 4.69) is 63.4 Å². The van der Waals surface area contributed by atoms with Crippen LogP contribution in [0.1, 0.15) is 91.0 Å². The van der Waals surface area contributed by atoms with E-state index < -0.39 is 120 Å². The first-order chi connectivity index (χ1) is 38.5. The number of carbonyl (C=O) groups is 5. The van der Waals surface area contributed by atoms with E-state index in [1.165, 1.54) is 12.3 Å². The van der Waals surface area contributed by atoms with Crippen LogP contribution < -0.4 is 31.6 Å². The van der Waals surface area contributed by atoms with Crippen molar-refractivity contribution < 1.29 is 61.2 Å². The van der Waals surface area contributed by atoms with Crippen molar-refractivity contribution in [2.45, 2.75) is 143 Å². The molecule has 82 heavy (non-hydrogen) atoms. The van der Waals surface area contributed by atoms with Crippen molar-refractivity contribution in [3.63, 3.8) is 0 Å².